The van der Waals surface area contributed by atoms with E-state index >= 15 is 0 Å². The van der Waals surface area contributed by atoms with Crippen LogP contribution in [0.1, 0.15) is 39.5 Å². The van der Waals surface area contributed by atoms with Crippen LogP contribution in [0.5, 0.6) is 11.5 Å². The molecular weight excluding hydrogens is 420 g/mol. The van der Waals surface area contributed by atoms with Crippen LogP contribution in [0.25, 0.3) is 0 Å². The van der Waals surface area contributed by atoms with Crippen LogP contribution in [-0.2, 0) is 9.59 Å². The van der Waals surface area contributed by atoms with E-state index in [1.54, 1.807) is 0 Å². The Labute approximate surface area is 186 Å². The molecule has 162 valence electrons. The van der Waals surface area contributed by atoms with Gasteiger partial charge >= 0.3 is 0 Å². The van der Waals surface area contributed by atoms with Crippen molar-refractivity contribution in [3.8, 4) is 11.5 Å². The van der Waals surface area contributed by atoms with E-state index in [1.165, 1.54) is 8.61 Å². The third-order valence-electron chi connectivity index (χ3n) is 4.06. The summed E-state index contributed by atoms with van der Waals surface area (Å²) in [7, 11) is 2.29. The normalized spacial score (nSPS) is 10.3. The van der Waals surface area contributed by atoms with Gasteiger partial charge in [0.15, 0.2) is 0 Å². The molecule has 0 saturated heterocycles. The smallest absolute Gasteiger partial charge is 0.224 e. The predicted octanol–water partition coefficient (Wildman–Crippen LogP) is 5.88. The van der Waals surface area contributed by atoms with Crippen LogP contribution in [-0.4, -0.2) is 26.0 Å². The number of benzene rings is 2. The monoisotopic (exact) mass is 448 g/mol. The summed E-state index contributed by atoms with van der Waals surface area (Å²) in [6.45, 7) is 5.48. The molecule has 6 nitrogen and oxygen atoms in total. The number of carbonyl (C=O) groups excluding carboxylic acids is 2. The number of carbonyl (C=O) groups is 2. The quantitative estimate of drug-likeness (QED) is 0.147. The summed E-state index contributed by atoms with van der Waals surface area (Å²) in [5, 5.41) is 0. The van der Waals surface area contributed by atoms with E-state index in [0.717, 1.165) is 60.5 Å². The molecule has 30 heavy (non-hydrogen) atoms. The van der Waals surface area contributed by atoms with Crippen LogP contribution in [0.15, 0.2) is 48.5 Å². The van der Waals surface area contributed by atoms with Crippen LogP contribution >= 0.6 is 22.0 Å². The Morgan fingerprint density at radius 3 is 1.57 bits per heavy atom. The average Bonchev–Trinajstić information content (AvgIpc) is 2.78. The zero-order chi connectivity index (χ0) is 21.6. The molecule has 0 aliphatic heterocycles. The maximum absolute atomic E-state index is 11.6. The van der Waals surface area contributed by atoms with Gasteiger partial charge in [-0.25, -0.2) is 8.61 Å². The topological polar surface area (TPSA) is 59.1 Å². The van der Waals surface area contributed by atoms with Gasteiger partial charge in [0.25, 0.3) is 0 Å². The summed E-state index contributed by atoms with van der Waals surface area (Å²) < 4.78 is 14.3. The number of hydrogen-bond acceptors (Lipinski definition) is 6. The number of amides is 2. The first-order valence-corrected chi connectivity index (χ1v) is 12.1. The molecule has 0 unspecified atom stereocenters. The van der Waals surface area contributed by atoms with Crippen molar-refractivity contribution in [1.82, 2.24) is 0 Å². The number of anilines is 2. The zero-order valence-corrected chi connectivity index (χ0v) is 19.0. The molecule has 2 aromatic carbocycles. The van der Waals surface area contributed by atoms with Crippen molar-refractivity contribution in [3.05, 3.63) is 48.5 Å². The van der Waals surface area contributed by atoms with Crippen molar-refractivity contribution in [2.45, 2.75) is 39.5 Å². The Bertz CT molecular complexity index is 726. The first-order valence-electron chi connectivity index (χ1n) is 10.0. The summed E-state index contributed by atoms with van der Waals surface area (Å²) in [5.74, 6) is 1.42. The molecule has 0 fully saturated rings. The predicted molar refractivity (Wildman–Crippen MR) is 126 cm³/mol. The number of nitrogens with zero attached hydrogens (tertiary/aromatic N) is 2. The van der Waals surface area contributed by atoms with Crippen LogP contribution in [0.2, 0.25) is 0 Å². The molecule has 0 radical (unpaired) electrons. The van der Waals surface area contributed by atoms with Crippen LogP contribution in [0.3, 0.4) is 0 Å². The number of unbranched alkanes of at least 4 members (excludes halogenated alkanes) is 2. The van der Waals surface area contributed by atoms with Gasteiger partial charge in [-0.15, -0.1) is 0 Å². The van der Waals surface area contributed by atoms with Crippen molar-refractivity contribution < 1.29 is 19.1 Å². The van der Waals surface area contributed by atoms with Gasteiger partial charge in [-0.1, -0.05) is 38.8 Å². The molecule has 2 amide bonds. The van der Waals surface area contributed by atoms with Gasteiger partial charge in [0, 0.05) is 12.1 Å². The molecule has 0 heterocycles. The molecular formula is C22H28N2O4S2. The molecule has 2 rings (SSSR count). The Kier molecular flexibility index (Phi) is 11.0. The molecule has 0 aromatic heterocycles. The van der Waals surface area contributed by atoms with Gasteiger partial charge in [-0.2, -0.15) is 0 Å². The first kappa shape index (κ1) is 24.0. The molecule has 0 aliphatic carbocycles. The SMILES string of the molecule is CCCCOc1cccc(N(C=O)SSN(C=O)c2cccc(OCCCC)c2)c1. The second-order valence-corrected chi connectivity index (χ2v) is 8.39. The molecule has 0 aliphatic rings. The van der Waals surface area contributed by atoms with Crippen LogP contribution in [0, 0.1) is 0 Å². The summed E-state index contributed by atoms with van der Waals surface area (Å²) in [6.07, 6.45) is 5.49. The van der Waals surface area contributed by atoms with Gasteiger partial charge in [-0.3, -0.25) is 9.59 Å². The highest BCUT2D eigenvalue weighted by Gasteiger charge is 2.14. The highest BCUT2D eigenvalue weighted by Crippen LogP contribution is 2.37. The van der Waals surface area contributed by atoms with Crippen molar-refractivity contribution in [3.63, 3.8) is 0 Å². The van der Waals surface area contributed by atoms with Gasteiger partial charge in [0.05, 0.1) is 46.5 Å². The highest BCUT2D eigenvalue weighted by atomic mass is 33.1. The lowest BCUT2D eigenvalue weighted by Gasteiger charge is -2.20. The largest absolute Gasteiger partial charge is 0.494 e. The van der Waals surface area contributed by atoms with E-state index in [4.69, 9.17) is 9.47 Å². The second kappa shape index (κ2) is 13.8. The van der Waals surface area contributed by atoms with Gasteiger partial charge in [0.1, 0.15) is 11.5 Å². The molecule has 0 bridgehead atoms. The minimum Gasteiger partial charge on any atom is -0.494 e. The van der Waals surface area contributed by atoms with Gasteiger partial charge < -0.3 is 9.47 Å². The Hall–Kier alpha value is -2.32. The average molecular weight is 449 g/mol. The van der Waals surface area contributed by atoms with E-state index in [2.05, 4.69) is 13.8 Å². The lowest BCUT2D eigenvalue weighted by Crippen LogP contribution is -2.15. The molecule has 2 aromatic rings. The van der Waals surface area contributed by atoms with E-state index in [0.29, 0.717) is 36.1 Å². The lowest BCUT2D eigenvalue weighted by molar-refractivity contribution is -0.107. The molecule has 0 N–H and O–H groups in total. The zero-order valence-electron chi connectivity index (χ0n) is 17.4. The molecule has 8 heteroatoms. The van der Waals surface area contributed by atoms with Crippen molar-refractivity contribution in [2.75, 3.05) is 21.8 Å². The first-order chi connectivity index (χ1) is 14.7. The summed E-state index contributed by atoms with van der Waals surface area (Å²) in [5.41, 5.74) is 1.36. The van der Waals surface area contributed by atoms with Crippen molar-refractivity contribution >= 4 is 46.2 Å². The van der Waals surface area contributed by atoms with E-state index in [1.807, 2.05) is 48.5 Å². The van der Waals surface area contributed by atoms with Crippen LogP contribution < -0.4 is 18.1 Å². The van der Waals surface area contributed by atoms with E-state index in [-0.39, 0.29) is 0 Å². The molecule has 0 spiro atoms. The van der Waals surface area contributed by atoms with Gasteiger partial charge in [-0.05, 0) is 37.1 Å². The van der Waals surface area contributed by atoms with Gasteiger partial charge in [0.2, 0.25) is 12.8 Å². The summed E-state index contributed by atoms with van der Waals surface area (Å²) in [6, 6.07) is 14.7. The summed E-state index contributed by atoms with van der Waals surface area (Å²) in [4.78, 5) is 23.3. The van der Waals surface area contributed by atoms with E-state index in [9.17, 15) is 9.59 Å². The minimum atomic E-state index is 0.637. The molecule has 0 atom stereocenters. The fourth-order valence-corrected chi connectivity index (χ4v) is 4.18. The third-order valence-corrected chi connectivity index (χ3v) is 6.21. The van der Waals surface area contributed by atoms with Crippen molar-refractivity contribution in [1.29, 1.82) is 0 Å². The van der Waals surface area contributed by atoms with Crippen molar-refractivity contribution in [2.24, 2.45) is 0 Å². The maximum Gasteiger partial charge on any atom is 0.224 e. The fraction of sp³-hybridized carbons (Fsp3) is 0.364. The Morgan fingerprint density at radius 1 is 0.767 bits per heavy atom. The Morgan fingerprint density at radius 2 is 1.20 bits per heavy atom. The third kappa shape index (κ3) is 7.84. The lowest BCUT2D eigenvalue weighted by atomic mass is 10.3. The van der Waals surface area contributed by atoms with Crippen LogP contribution in [0.4, 0.5) is 11.4 Å². The summed E-state index contributed by atoms with van der Waals surface area (Å²) >= 11 is 0. The molecule has 0 saturated carbocycles. The number of hydrogen-bond donors (Lipinski definition) is 0. The maximum atomic E-state index is 11.6. The standard InChI is InChI=1S/C22H28N2O4S2/c1-3-5-13-27-21-11-7-9-19(15-21)23(17-25)29-30-24(18-26)20-10-8-12-22(16-20)28-14-6-4-2/h7-12,15-18H,3-6,13-14H2,1-2H3. The fourth-order valence-electron chi connectivity index (χ4n) is 2.40. The highest BCUT2D eigenvalue weighted by molar-refractivity contribution is 8.78. The Balaban J connectivity index is 2.00. The number of ether oxygens (including phenoxy) is 2. The minimum absolute atomic E-state index is 0.637. The second-order valence-electron chi connectivity index (χ2n) is 6.41. The number of rotatable bonds is 15. The van der Waals surface area contributed by atoms with E-state index < -0.39 is 0 Å².